The maximum Gasteiger partial charge on any atom is 0.271 e. The van der Waals surface area contributed by atoms with E-state index in [-0.39, 0.29) is 5.69 Å². The third-order valence-corrected chi connectivity index (χ3v) is 2.77. The first-order valence-electron chi connectivity index (χ1n) is 3.99. The van der Waals surface area contributed by atoms with Crippen molar-refractivity contribution in [1.82, 2.24) is 0 Å². The van der Waals surface area contributed by atoms with Crippen molar-refractivity contribution < 1.29 is 10.0 Å². The van der Waals surface area contributed by atoms with E-state index in [0.29, 0.717) is 16.6 Å². The highest BCUT2D eigenvalue weighted by Crippen LogP contribution is 2.38. The fourth-order valence-corrected chi connectivity index (χ4v) is 2.08. The number of non-ortho nitro benzene ring substituents is 1. The summed E-state index contributed by atoms with van der Waals surface area (Å²) in [6.45, 7) is 0.398. The van der Waals surface area contributed by atoms with E-state index in [1.807, 2.05) is 0 Å². The average molecular weight is 259 g/mol. The fourth-order valence-electron chi connectivity index (χ4n) is 1.48. The molecule has 74 valence electrons. The Morgan fingerprint density at radius 2 is 2.36 bits per heavy atom. The second kappa shape index (κ2) is 3.21. The zero-order valence-electron chi connectivity index (χ0n) is 7.03. The van der Waals surface area contributed by atoms with E-state index in [1.54, 1.807) is 0 Å². The Bertz CT molecular complexity index is 408. The van der Waals surface area contributed by atoms with E-state index in [9.17, 15) is 15.2 Å². The number of nitrogens with zero attached hydrogens (tertiary/aromatic N) is 1. The van der Waals surface area contributed by atoms with Crippen molar-refractivity contribution in [2.75, 3.05) is 11.9 Å². The molecule has 0 aromatic heterocycles. The molecular formula is C8H7BrN2O3. The van der Waals surface area contributed by atoms with Gasteiger partial charge in [0.1, 0.15) is 0 Å². The number of hydrogen-bond donors (Lipinski definition) is 2. The lowest BCUT2D eigenvalue weighted by atomic mass is 10.1. The summed E-state index contributed by atoms with van der Waals surface area (Å²) in [4.78, 5) is 10.1. The normalized spacial score (nSPS) is 18.9. The molecule has 0 unspecified atom stereocenters. The molecule has 1 aliphatic rings. The van der Waals surface area contributed by atoms with Gasteiger partial charge in [0.15, 0.2) is 0 Å². The predicted molar refractivity (Wildman–Crippen MR) is 54.2 cm³/mol. The van der Waals surface area contributed by atoms with E-state index in [0.717, 1.165) is 5.69 Å². The molecule has 0 spiro atoms. The van der Waals surface area contributed by atoms with Crippen LogP contribution in [0.1, 0.15) is 11.7 Å². The molecule has 0 bridgehead atoms. The molecule has 1 aromatic carbocycles. The van der Waals surface area contributed by atoms with Crippen LogP contribution in [0.2, 0.25) is 0 Å². The van der Waals surface area contributed by atoms with E-state index in [2.05, 4.69) is 21.2 Å². The van der Waals surface area contributed by atoms with Gasteiger partial charge >= 0.3 is 0 Å². The smallest absolute Gasteiger partial charge is 0.271 e. The van der Waals surface area contributed by atoms with Crippen molar-refractivity contribution in [3.63, 3.8) is 0 Å². The van der Waals surface area contributed by atoms with Crippen LogP contribution in [0.25, 0.3) is 0 Å². The van der Waals surface area contributed by atoms with Gasteiger partial charge in [0, 0.05) is 28.7 Å². The number of β-amino-alcohol motifs (C(OH)–C–C–N with tert-alkyl or cyclic N) is 1. The summed E-state index contributed by atoms with van der Waals surface area (Å²) in [7, 11) is 0. The van der Waals surface area contributed by atoms with Crippen LogP contribution in [0.15, 0.2) is 16.6 Å². The number of aliphatic hydroxyl groups excluding tert-OH is 1. The van der Waals surface area contributed by atoms with Crippen LogP contribution in [-0.4, -0.2) is 16.6 Å². The van der Waals surface area contributed by atoms with Gasteiger partial charge in [-0.1, -0.05) is 0 Å². The van der Waals surface area contributed by atoms with Crippen LogP contribution < -0.4 is 5.32 Å². The molecule has 2 rings (SSSR count). The molecule has 1 aliphatic heterocycles. The Morgan fingerprint density at radius 1 is 1.64 bits per heavy atom. The van der Waals surface area contributed by atoms with Crippen molar-refractivity contribution in [3.05, 3.63) is 32.3 Å². The van der Waals surface area contributed by atoms with Crippen molar-refractivity contribution in [3.8, 4) is 0 Å². The van der Waals surface area contributed by atoms with Gasteiger partial charge in [0.05, 0.1) is 16.7 Å². The van der Waals surface area contributed by atoms with Gasteiger partial charge in [-0.15, -0.1) is 0 Å². The van der Waals surface area contributed by atoms with Gasteiger partial charge in [0.25, 0.3) is 5.69 Å². The first-order chi connectivity index (χ1) is 6.59. The zero-order valence-corrected chi connectivity index (χ0v) is 8.61. The van der Waals surface area contributed by atoms with E-state index in [4.69, 9.17) is 0 Å². The van der Waals surface area contributed by atoms with E-state index in [1.165, 1.54) is 12.1 Å². The molecular weight excluding hydrogens is 252 g/mol. The van der Waals surface area contributed by atoms with Crippen LogP contribution in [0.4, 0.5) is 11.4 Å². The van der Waals surface area contributed by atoms with Gasteiger partial charge in [-0.3, -0.25) is 10.1 Å². The molecule has 2 N–H and O–H groups in total. The van der Waals surface area contributed by atoms with Crippen LogP contribution in [0.5, 0.6) is 0 Å². The van der Waals surface area contributed by atoms with Crippen molar-refractivity contribution in [2.24, 2.45) is 0 Å². The van der Waals surface area contributed by atoms with Crippen LogP contribution >= 0.6 is 15.9 Å². The lowest BCUT2D eigenvalue weighted by molar-refractivity contribution is -0.385. The maximum absolute atomic E-state index is 10.5. The highest BCUT2D eigenvalue weighted by molar-refractivity contribution is 9.10. The average Bonchev–Trinajstić information content (AvgIpc) is 2.48. The molecule has 0 saturated carbocycles. The third kappa shape index (κ3) is 1.36. The Balaban J connectivity index is 2.58. The minimum Gasteiger partial charge on any atom is -0.386 e. The zero-order chi connectivity index (χ0) is 10.3. The number of nitro groups is 1. The number of nitro benzene ring substituents is 1. The van der Waals surface area contributed by atoms with Gasteiger partial charge in [-0.05, 0) is 15.9 Å². The molecule has 5 nitrogen and oxygen atoms in total. The quantitative estimate of drug-likeness (QED) is 0.595. The Kier molecular flexibility index (Phi) is 2.16. The summed E-state index contributed by atoms with van der Waals surface area (Å²) in [5.74, 6) is 0. The number of fused-ring (bicyclic) bond motifs is 1. The number of nitrogens with one attached hydrogen (secondary N) is 1. The number of halogens is 1. The predicted octanol–water partition coefficient (Wildman–Crippen LogP) is 1.82. The van der Waals surface area contributed by atoms with Gasteiger partial charge in [-0.25, -0.2) is 0 Å². The van der Waals surface area contributed by atoms with Crippen molar-refractivity contribution >= 4 is 27.3 Å². The first-order valence-corrected chi connectivity index (χ1v) is 4.78. The van der Waals surface area contributed by atoms with Crippen molar-refractivity contribution in [2.45, 2.75) is 6.10 Å². The fraction of sp³-hybridized carbons (Fsp3) is 0.250. The summed E-state index contributed by atoms with van der Waals surface area (Å²) >= 11 is 3.22. The summed E-state index contributed by atoms with van der Waals surface area (Å²) in [5, 5.41) is 23.0. The molecule has 0 aliphatic carbocycles. The maximum atomic E-state index is 10.5. The molecule has 0 fully saturated rings. The first kappa shape index (κ1) is 9.42. The van der Waals surface area contributed by atoms with Crippen LogP contribution in [0, 0.1) is 10.1 Å². The summed E-state index contributed by atoms with van der Waals surface area (Å²) in [6.07, 6.45) is -0.666. The molecule has 6 heteroatoms. The number of rotatable bonds is 1. The second-order valence-electron chi connectivity index (χ2n) is 3.05. The van der Waals surface area contributed by atoms with Gasteiger partial charge < -0.3 is 10.4 Å². The van der Waals surface area contributed by atoms with Crippen LogP contribution in [-0.2, 0) is 0 Å². The second-order valence-corrected chi connectivity index (χ2v) is 3.90. The number of anilines is 1. The van der Waals surface area contributed by atoms with E-state index < -0.39 is 11.0 Å². The Labute approximate surface area is 88.0 Å². The van der Waals surface area contributed by atoms with Gasteiger partial charge in [0.2, 0.25) is 0 Å². The lowest BCUT2D eigenvalue weighted by Gasteiger charge is -2.03. The highest BCUT2D eigenvalue weighted by Gasteiger charge is 2.25. The lowest BCUT2D eigenvalue weighted by Crippen LogP contribution is -1.99. The molecule has 0 radical (unpaired) electrons. The summed E-state index contributed by atoms with van der Waals surface area (Å²) in [6, 6.07) is 2.81. The standard InChI is InChI=1S/C8H7BrN2O3/c9-6-2-4(11(13)14)1-5-7(12)3-10-8(5)6/h1-2,7,10,12H,3H2/t7-/m1/s1. The topological polar surface area (TPSA) is 75.4 Å². The molecule has 14 heavy (non-hydrogen) atoms. The summed E-state index contributed by atoms with van der Waals surface area (Å²) < 4.78 is 0.609. The number of hydrogen-bond acceptors (Lipinski definition) is 4. The minimum atomic E-state index is -0.666. The summed E-state index contributed by atoms with van der Waals surface area (Å²) in [5.41, 5.74) is 1.30. The molecule has 1 aromatic rings. The minimum absolute atomic E-state index is 0.0154. The molecule has 1 heterocycles. The SMILES string of the molecule is O=[N+]([O-])c1cc(Br)c2c(c1)[C@H](O)CN2. The third-order valence-electron chi connectivity index (χ3n) is 2.15. The largest absolute Gasteiger partial charge is 0.386 e. The van der Waals surface area contributed by atoms with Crippen molar-refractivity contribution in [1.29, 1.82) is 0 Å². The highest BCUT2D eigenvalue weighted by atomic mass is 79.9. The molecule has 0 amide bonds. The number of benzene rings is 1. The van der Waals surface area contributed by atoms with Crippen LogP contribution in [0.3, 0.4) is 0 Å². The van der Waals surface area contributed by atoms with E-state index >= 15 is 0 Å². The van der Waals surface area contributed by atoms with Gasteiger partial charge in [-0.2, -0.15) is 0 Å². The monoisotopic (exact) mass is 258 g/mol. The Hall–Kier alpha value is -1.14. The molecule has 0 saturated heterocycles. The molecule has 1 atom stereocenters. The Morgan fingerprint density at radius 3 is 3.00 bits per heavy atom. The number of aliphatic hydroxyl groups is 1.